The molecule has 60 heavy (non-hydrogen) atoms. The molecule has 4 aliphatic carbocycles. The van der Waals surface area contributed by atoms with Gasteiger partial charge in [0.1, 0.15) is 17.6 Å². The van der Waals surface area contributed by atoms with Crippen LogP contribution < -0.4 is 9.47 Å². The number of carbonyl (C=O) groups excluding carboxylic acids is 1. The van der Waals surface area contributed by atoms with Crippen LogP contribution in [-0.4, -0.2) is 25.3 Å². The molecule has 0 amide bonds. The highest BCUT2D eigenvalue weighted by molar-refractivity contribution is 5.69. The van der Waals surface area contributed by atoms with Gasteiger partial charge in [-0.3, -0.25) is 4.79 Å². The monoisotopic (exact) mass is 823 g/mol. The molecule has 4 aliphatic rings. The molecular weight excluding hydrogens is 737 g/mol. The van der Waals surface area contributed by atoms with Crippen molar-refractivity contribution < 1.29 is 19.0 Å². The van der Waals surface area contributed by atoms with Gasteiger partial charge in [-0.1, -0.05) is 155 Å². The molecule has 3 saturated carbocycles. The predicted octanol–water partition coefficient (Wildman–Crippen LogP) is 16.2. The molecular formula is C56H86O4. The smallest absolute Gasteiger partial charge is 0.306 e. The van der Waals surface area contributed by atoms with Crippen LogP contribution in [0.2, 0.25) is 0 Å². The number of carbonyl (C=O) groups is 1. The van der Waals surface area contributed by atoms with E-state index in [0.717, 1.165) is 98.7 Å². The Morgan fingerprint density at radius 2 is 1.27 bits per heavy atom. The van der Waals surface area contributed by atoms with E-state index in [2.05, 4.69) is 96.1 Å². The van der Waals surface area contributed by atoms with E-state index in [0.29, 0.717) is 17.3 Å². The second kappa shape index (κ2) is 23.1. The molecule has 4 heteroatoms. The molecule has 0 aliphatic heterocycles. The average molecular weight is 823 g/mol. The predicted molar refractivity (Wildman–Crippen MR) is 251 cm³/mol. The Morgan fingerprint density at radius 3 is 1.88 bits per heavy atom. The Labute approximate surface area is 367 Å². The van der Waals surface area contributed by atoms with Gasteiger partial charge in [-0.15, -0.1) is 0 Å². The van der Waals surface area contributed by atoms with Crippen molar-refractivity contribution >= 4 is 5.97 Å². The summed E-state index contributed by atoms with van der Waals surface area (Å²) in [7, 11) is 0. The fourth-order valence-electron chi connectivity index (χ4n) is 12.8. The number of unbranched alkanes of at least 4 members (excludes halogenated alkanes) is 10. The van der Waals surface area contributed by atoms with Gasteiger partial charge in [0.2, 0.25) is 0 Å². The molecule has 0 bridgehead atoms. The number of hydrogen-bond donors (Lipinski definition) is 0. The molecule has 2 aromatic rings. The number of esters is 1. The molecule has 0 aromatic heterocycles. The molecule has 0 radical (unpaired) electrons. The maximum absolute atomic E-state index is 12.9. The zero-order valence-corrected chi connectivity index (χ0v) is 39.3. The van der Waals surface area contributed by atoms with E-state index in [-0.39, 0.29) is 12.1 Å². The molecule has 0 N–H and O–H groups in total. The molecule has 0 heterocycles. The fourth-order valence-corrected chi connectivity index (χ4v) is 12.8. The molecule has 3 fully saturated rings. The van der Waals surface area contributed by atoms with E-state index in [1.807, 2.05) is 0 Å². The minimum Gasteiger partial charge on any atom is -0.494 e. The van der Waals surface area contributed by atoms with Gasteiger partial charge in [0.25, 0.3) is 0 Å². The summed E-state index contributed by atoms with van der Waals surface area (Å²) in [4.78, 5) is 12.9. The van der Waals surface area contributed by atoms with Crippen molar-refractivity contribution in [3.8, 4) is 22.6 Å². The first kappa shape index (κ1) is 46.7. The summed E-state index contributed by atoms with van der Waals surface area (Å²) in [6.07, 6.45) is 32.0. The molecule has 4 nitrogen and oxygen atoms in total. The summed E-state index contributed by atoms with van der Waals surface area (Å²) in [6, 6.07) is 16.9. The maximum atomic E-state index is 12.9. The third kappa shape index (κ3) is 12.5. The summed E-state index contributed by atoms with van der Waals surface area (Å²) >= 11 is 0. The maximum Gasteiger partial charge on any atom is 0.306 e. The third-order valence-corrected chi connectivity index (χ3v) is 16.4. The van der Waals surface area contributed by atoms with Crippen LogP contribution in [0.4, 0.5) is 0 Å². The number of benzene rings is 2. The van der Waals surface area contributed by atoms with Gasteiger partial charge in [0, 0.05) is 12.8 Å². The Hall–Kier alpha value is -2.75. The quantitative estimate of drug-likeness (QED) is 0.0568. The molecule has 0 saturated heterocycles. The lowest BCUT2D eigenvalue weighted by molar-refractivity contribution is -0.151. The minimum atomic E-state index is 0.0352. The Morgan fingerprint density at radius 1 is 0.667 bits per heavy atom. The normalized spacial score (nSPS) is 27.7. The number of ether oxygens (including phenoxy) is 3. The summed E-state index contributed by atoms with van der Waals surface area (Å²) in [5.74, 6) is 7.11. The van der Waals surface area contributed by atoms with E-state index in [1.54, 1.807) is 5.57 Å². The van der Waals surface area contributed by atoms with Gasteiger partial charge >= 0.3 is 5.97 Å². The van der Waals surface area contributed by atoms with Crippen LogP contribution in [0.5, 0.6) is 11.5 Å². The SMILES string of the molecule is CCCCCCOc1ccc(-c2ccc(OCCCCCCCCCCC(=O)O[C@H]3CC[C@@]4(C)C(=CC[C@H]5[C@@H]6CC[C@H]([C@H](C)CCCC(C)C)[C@@]6(C)CC[C@@H]54)C3)cc2)cc1. The van der Waals surface area contributed by atoms with Crippen LogP contribution in [0.1, 0.15) is 196 Å². The van der Waals surface area contributed by atoms with Crippen molar-refractivity contribution in [2.45, 2.75) is 202 Å². The number of fused-ring (bicyclic) bond motifs is 5. The van der Waals surface area contributed by atoms with E-state index in [4.69, 9.17) is 14.2 Å². The van der Waals surface area contributed by atoms with Gasteiger partial charge in [-0.2, -0.15) is 0 Å². The van der Waals surface area contributed by atoms with Crippen molar-refractivity contribution in [2.24, 2.45) is 46.3 Å². The van der Waals surface area contributed by atoms with Crippen LogP contribution in [0.15, 0.2) is 60.2 Å². The highest BCUT2D eigenvalue weighted by Gasteiger charge is 2.59. The van der Waals surface area contributed by atoms with Gasteiger partial charge in [0.05, 0.1) is 13.2 Å². The first-order chi connectivity index (χ1) is 29.1. The van der Waals surface area contributed by atoms with E-state index < -0.39 is 0 Å². The summed E-state index contributed by atoms with van der Waals surface area (Å²) in [5.41, 5.74) is 4.87. The molecule has 8 atom stereocenters. The lowest BCUT2D eigenvalue weighted by Gasteiger charge is -2.58. The molecule has 2 aromatic carbocycles. The number of rotatable bonds is 25. The lowest BCUT2D eigenvalue weighted by Crippen LogP contribution is -2.51. The standard InChI is InChI=1S/C56H86O4/c1-7-8-9-17-39-58-47-28-23-44(24-29-47)45-25-30-48(31-26-45)59-40-18-15-13-11-10-12-14-16-22-54(57)60-49-35-37-55(5)46(41-49)27-32-50-52-34-33-51(43(4)21-19-20-42(2)3)56(52,6)38-36-53(50)55/h23-31,42-43,49-53H,7-22,32-41H2,1-6H3/t43-,49+,50+,51-,52+,53+,55+,56-/m1/s1. The summed E-state index contributed by atoms with van der Waals surface area (Å²) < 4.78 is 18.1. The van der Waals surface area contributed by atoms with Crippen molar-refractivity contribution in [3.63, 3.8) is 0 Å². The van der Waals surface area contributed by atoms with Gasteiger partial charge < -0.3 is 14.2 Å². The zero-order valence-electron chi connectivity index (χ0n) is 39.3. The molecule has 0 unspecified atom stereocenters. The Kier molecular flexibility index (Phi) is 18.0. The number of allylic oxidation sites excluding steroid dienone is 1. The number of hydrogen-bond acceptors (Lipinski definition) is 4. The van der Waals surface area contributed by atoms with E-state index in [9.17, 15) is 4.79 Å². The second-order valence-electron chi connectivity index (χ2n) is 21.0. The zero-order chi connectivity index (χ0) is 42.4. The summed E-state index contributed by atoms with van der Waals surface area (Å²) in [6.45, 7) is 16.4. The van der Waals surface area contributed by atoms with E-state index in [1.165, 1.54) is 120 Å². The Balaban J connectivity index is 0.794. The highest BCUT2D eigenvalue weighted by Crippen LogP contribution is 2.67. The molecule has 6 rings (SSSR count). The van der Waals surface area contributed by atoms with Crippen molar-refractivity contribution in [2.75, 3.05) is 13.2 Å². The van der Waals surface area contributed by atoms with Gasteiger partial charge in [-0.25, -0.2) is 0 Å². The first-order valence-corrected chi connectivity index (χ1v) is 25.5. The highest BCUT2D eigenvalue weighted by atomic mass is 16.5. The van der Waals surface area contributed by atoms with Crippen LogP contribution in [0, 0.1) is 46.3 Å². The van der Waals surface area contributed by atoms with Crippen molar-refractivity contribution in [3.05, 3.63) is 60.2 Å². The van der Waals surface area contributed by atoms with Crippen LogP contribution in [0.25, 0.3) is 11.1 Å². The van der Waals surface area contributed by atoms with Gasteiger partial charge in [-0.05, 0) is 146 Å². The average Bonchev–Trinajstić information content (AvgIpc) is 3.60. The second-order valence-corrected chi connectivity index (χ2v) is 21.0. The topological polar surface area (TPSA) is 44.8 Å². The summed E-state index contributed by atoms with van der Waals surface area (Å²) in [5, 5.41) is 0. The minimum absolute atomic E-state index is 0.0352. The Bertz CT molecular complexity index is 1590. The van der Waals surface area contributed by atoms with E-state index >= 15 is 0 Å². The van der Waals surface area contributed by atoms with Crippen molar-refractivity contribution in [1.82, 2.24) is 0 Å². The fraction of sp³-hybridized carbons (Fsp3) is 0.732. The van der Waals surface area contributed by atoms with Crippen molar-refractivity contribution in [1.29, 1.82) is 0 Å². The molecule has 334 valence electrons. The lowest BCUT2D eigenvalue weighted by atomic mass is 9.47. The largest absolute Gasteiger partial charge is 0.494 e. The van der Waals surface area contributed by atoms with Crippen LogP contribution >= 0.6 is 0 Å². The van der Waals surface area contributed by atoms with Crippen LogP contribution in [0.3, 0.4) is 0 Å². The van der Waals surface area contributed by atoms with Gasteiger partial charge in [0.15, 0.2) is 0 Å². The third-order valence-electron chi connectivity index (χ3n) is 16.4. The molecule has 0 spiro atoms. The van der Waals surface area contributed by atoms with Crippen LogP contribution in [-0.2, 0) is 9.53 Å². The first-order valence-electron chi connectivity index (χ1n) is 25.5.